The van der Waals surface area contributed by atoms with Crippen LogP contribution >= 0.6 is 0 Å². The number of urea groups is 1. The van der Waals surface area contributed by atoms with E-state index >= 15 is 0 Å². The molecule has 0 aromatic carbocycles. The van der Waals surface area contributed by atoms with Gasteiger partial charge in [0.05, 0.1) is 23.9 Å². The maximum Gasteiger partial charge on any atom is 0.317 e. The number of hydrogen-bond donors (Lipinski definition) is 2. The van der Waals surface area contributed by atoms with E-state index in [2.05, 4.69) is 11.4 Å². The zero-order valence-corrected chi connectivity index (χ0v) is 10.5. The molecule has 1 rings (SSSR count). The van der Waals surface area contributed by atoms with Crippen molar-refractivity contribution in [3.8, 4) is 6.07 Å². The van der Waals surface area contributed by atoms with E-state index in [1.165, 1.54) is 4.90 Å². The van der Waals surface area contributed by atoms with Crippen LogP contribution in [0.1, 0.15) is 13.3 Å². The number of carbonyl (C=O) groups excluding carboxylic acids is 1. The number of carboxylic acid groups (broad SMARTS) is 1. The lowest BCUT2D eigenvalue weighted by Crippen LogP contribution is -2.43. The van der Waals surface area contributed by atoms with Gasteiger partial charge in [0.1, 0.15) is 0 Å². The van der Waals surface area contributed by atoms with Crippen LogP contribution in [0.3, 0.4) is 0 Å². The normalized spacial score (nSPS) is 23.2. The molecule has 0 aliphatic heterocycles. The standard InChI is InChI=1S/C12H17N3O3/c1-8(6-13)7-15(2)12(18)14-10-4-3-9(5-10)11(16)17/h3-4,8-10H,5,7H2,1-2H3,(H,14,18)(H,16,17). The molecule has 1 aliphatic carbocycles. The minimum atomic E-state index is -0.880. The number of nitrogens with zero attached hydrogens (tertiary/aromatic N) is 2. The molecule has 0 bridgehead atoms. The molecule has 6 heteroatoms. The first-order chi connectivity index (χ1) is 8.43. The number of carboxylic acids is 1. The molecule has 0 spiro atoms. The van der Waals surface area contributed by atoms with Crippen LogP contribution in [0.4, 0.5) is 4.79 Å². The fraction of sp³-hybridized carbons (Fsp3) is 0.583. The second-order valence-electron chi connectivity index (χ2n) is 4.53. The van der Waals surface area contributed by atoms with Crippen molar-refractivity contribution in [2.75, 3.05) is 13.6 Å². The second kappa shape index (κ2) is 6.05. The fourth-order valence-electron chi connectivity index (χ4n) is 1.79. The Kier molecular flexibility index (Phi) is 4.72. The number of aliphatic carboxylic acids is 1. The molecule has 2 amide bonds. The third-order valence-electron chi connectivity index (χ3n) is 2.82. The summed E-state index contributed by atoms with van der Waals surface area (Å²) in [5.74, 6) is -1.64. The Morgan fingerprint density at radius 1 is 1.61 bits per heavy atom. The van der Waals surface area contributed by atoms with E-state index in [1.54, 1.807) is 26.1 Å². The van der Waals surface area contributed by atoms with Crippen LogP contribution in [0, 0.1) is 23.2 Å². The predicted molar refractivity (Wildman–Crippen MR) is 64.6 cm³/mol. The summed E-state index contributed by atoms with van der Waals surface area (Å²) in [5.41, 5.74) is 0. The minimum Gasteiger partial charge on any atom is -0.481 e. The van der Waals surface area contributed by atoms with Gasteiger partial charge in [-0.25, -0.2) is 4.79 Å². The van der Waals surface area contributed by atoms with E-state index in [0.717, 1.165) is 0 Å². The van der Waals surface area contributed by atoms with Crippen molar-refractivity contribution in [1.29, 1.82) is 5.26 Å². The van der Waals surface area contributed by atoms with Crippen molar-refractivity contribution in [2.45, 2.75) is 19.4 Å². The van der Waals surface area contributed by atoms with Gasteiger partial charge in [-0.05, 0) is 13.3 Å². The quantitative estimate of drug-likeness (QED) is 0.723. The van der Waals surface area contributed by atoms with Crippen molar-refractivity contribution < 1.29 is 14.7 Å². The summed E-state index contributed by atoms with van der Waals surface area (Å²) in [7, 11) is 1.61. The van der Waals surface area contributed by atoms with Gasteiger partial charge < -0.3 is 15.3 Å². The average molecular weight is 251 g/mol. The molecule has 1 aliphatic rings. The van der Waals surface area contributed by atoms with Gasteiger partial charge in [0.15, 0.2) is 0 Å². The summed E-state index contributed by atoms with van der Waals surface area (Å²) < 4.78 is 0. The van der Waals surface area contributed by atoms with Crippen molar-refractivity contribution in [1.82, 2.24) is 10.2 Å². The highest BCUT2D eigenvalue weighted by Crippen LogP contribution is 2.18. The molecule has 0 radical (unpaired) electrons. The third kappa shape index (κ3) is 3.77. The molecule has 6 nitrogen and oxygen atoms in total. The summed E-state index contributed by atoms with van der Waals surface area (Å²) in [4.78, 5) is 23.9. The second-order valence-corrected chi connectivity index (χ2v) is 4.53. The molecule has 0 aromatic heterocycles. The van der Waals surface area contributed by atoms with Crippen LogP contribution in [0.5, 0.6) is 0 Å². The van der Waals surface area contributed by atoms with Crippen molar-refractivity contribution in [3.63, 3.8) is 0 Å². The smallest absolute Gasteiger partial charge is 0.317 e. The Bertz CT molecular complexity index is 400. The maximum atomic E-state index is 11.8. The van der Waals surface area contributed by atoms with Crippen LogP contribution in [0.2, 0.25) is 0 Å². The zero-order chi connectivity index (χ0) is 13.7. The predicted octanol–water partition coefficient (Wildman–Crippen LogP) is 0.817. The van der Waals surface area contributed by atoms with E-state index in [4.69, 9.17) is 10.4 Å². The highest BCUT2D eigenvalue weighted by molar-refractivity contribution is 5.76. The summed E-state index contributed by atoms with van der Waals surface area (Å²) in [5, 5.41) is 20.2. The maximum absolute atomic E-state index is 11.8. The molecular formula is C12H17N3O3. The summed E-state index contributed by atoms with van der Waals surface area (Å²) in [6.07, 6.45) is 3.66. The van der Waals surface area contributed by atoms with E-state index < -0.39 is 11.9 Å². The molecule has 0 fully saturated rings. The molecular weight excluding hydrogens is 234 g/mol. The van der Waals surface area contributed by atoms with Crippen LogP contribution in [0.15, 0.2) is 12.2 Å². The van der Waals surface area contributed by atoms with Gasteiger partial charge in [-0.2, -0.15) is 5.26 Å². The Hall–Kier alpha value is -2.03. The fourth-order valence-corrected chi connectivity index (χ4v) is 1.79. The summed E-state index contributed by atoms with van der Waals surface area (Å²) in [6.45, 7) is 2.08. The van der Waals surface area contributed by atoms with Gasteiger partial charge >= 0.3 is 12.0 Å². The van der Waals surface area contributed by atoms with Crippen molar-refractivity contribution >= 4 is 12.0 Å². The Morgan fingerprint density at radius 3 is 2.78 bits per heavy atom. The monoisotopic (exact) mass is 251 g/mol. The first-order valence-corrected chi connectivity index (χ1v) is 5.76. The van der Waals surface area contributed by atoms with Crippen molar-refractivity contribution in [3.05, 3.63) is 12.2 Å². The molecule has 3 unspecified atom stereocenters. The Labute approximate surface area is 106 Å². The first kappa shape index (κ1) is 14.0. The van der Waals surface area contributed by atoms with E-state index in [0.29, 0.717) is 13.0 Å². The van der Waals surface area contributed by atoms with Gasteiger partial charge in [0.25, 0.3) is 0 Å². The third-order valence-corrected chi connectivity index (χ3v) is 2.82. The van der Waals surface area contributed by atoms with E-state index in [1.807, 2.05) is 0 Å². The largest absolute Gasteiger partial charge is 0.481 e. The van der Waals surface area contributed by atoms with Gasteiger partial charge in [-0.3, -0.25) is 4.79 Å². The molecule has 0 heterocycles. The van der Waals surface area contributed by atoms with Crippen LogP contribution in [0.25, 0.3) is 0 Å². The van der Waals surface area contributed by atoms with Gasteiger partial charge in [-0.15, -0.1) is 0 Å². The van der Waals surface area contributed by atoms with Crippen LogP contribution in [-0.2, 0) is 4.79 Å². The molecule has 98 valence electrons. The SMILES string of the molecule is CC(C#N)CN(C)C(=O)NC1C=CC(C(=O)O)C1. The van der Waals surface area contributed by atoms with Crippen molar-refractivity contribution in [2.24, 2.45) is 11.8 Å². The molecule has 0 saturated carbocycles. The number of hydrogen-bond acceptors (Lipinski definition) is 3. The lowest BCUT2D eigenvalue weighted by molar-refractivity contribution is -0.140. The van der Waals surface area contributed by atoms with Gasteiger partial charge in [0.2, 0.25) is 0 Å². The number of rotatable bonds is 4. The summed E-state index contributed by atoms with van der Waals surface area (Å²) in [6, 6.07) is 1.51. The molecule has 2 N–H and O–H groups in total. The summed E-state index contributed by atoms with van der Waals surface area (Å²) >= 11 is 0. The minimum absolute atomic E-state index is 0.230. The zero-order valence-electron chi connectivity index (χ0n) is 10.5. The topological polar surface area (TPSA) is 93.4 Å². The Balaban J connectivity index is 2.40. The number of nitrogens with one attached hydrogen (secondary N) is 1. The first-order valence-electron chi connectivity index (χ1n) is 5.76. The van der Waals surface area contributed by atoms with E-state index in [-0.39, 0.29) is 18.0 Å². The highest BCUT2D eigenvalue weighted by Gasteiger charge is 2.26. The lowest BCUT2D eigenvalue weighted by atomic mass is 10.1. The van der Waals surface area contributed by atoms with Crippen LogP contribution < -0.4 is 5.32 Å². The van der Waals surface area contributed by atoms with E-state index in [9.17, 15) is 9.59 Å². The van der Waals surface area contributed by atoms with Gasteiger partial charge in [0, 0.05) is 13.6 Å². The Morgan fingerprint density at radius 2 is 2.28 bits per heavy atom. The number of nitriles is 1. The number of carbonyl (C=O) groups is 2. The highest BCUT2D eigenvalue weighted by atomic mass is 16.4. The molecule has 18 heavy (non-hydrogen) atoms. The lowest BCUT2D eigenvalue weighted by Gasteiger charge is -2.21. The molecule has 0 aromatic rings. The van der Waals surface area contributed by atoms with Crippen LogP contribution in [-0.4, -0.2) is 41.6 Å². The van der Waals surface area contributed by atoms with Gasteiger partial charge in [-0.1, -0.05) is 12.2 Å². The molecule has 0 saturated heterocycles. The number of amides is 2. The average Bonchev–Trinajstić information content (AvgIpc) is 2.77. The molecule has 3 atom stereocenters.